The van der Waals surface area contributed by atoms with Crippen LogP contribution in [0.25, 0.3) is 0 Å². The molecule has 4 heteroatoms. The molecule has 1 unspecified atom stereocenters. The van der Waals surface area contributed by atoms with Gasteiger partial charge in [0.15, 0.2) is 0 Å². The fourth-order valence-electron chi connectivity index (χ4n) is 1.20. The molecule has 0 saturated heterocycles. The lowest BCUT2D eigenvalue weighted by Crippen LogP contribution is -2.07. The number of hydrogen-bond donors (Lipinski definition) is 1. The number of ether oxygens (including phenoxy) is 1. The molecule has 0 aliphatic rings. The van der Waals surface area contributed by atoms with E-state index >= 15 is 0 Å². The van der Waals surface area contributed by atoms with Gasteiger partial charge in [-0.3, -0.25) is 0 Å². The summed E-state index contributed by atoms with van der Waals surface area (Å²) in [6.07, 6.45) is -0.881. The number of methoxy groups -OCH3 is 1. The first kappa shape index (κ1) is 11.6. The number of alkyl halides is 2. The molecule has 0 amide bonds. The van der Waals surface area contributed by atoms with Gasteiger partial charge in [0, 0.05) is 0 Å². The molecule has 1 atom stereocenters. The summed E-state index contributed by atoms with van der Waals surface area (Å²) in [5, 5.41) is 9.68. The molecular formula is C10H12Cl2O2. The molecule has 1 aromatic rings. The van der Waals surface area contributed by atoms with Gasteiger partial charge in [-0.1, -0.05) is 6.07 Å². The maximum atomic E-state index is 9.68. The van der Waals surface area contributed by atoms with Gasteiger partial charge < -0.3 is 9.84 Å². The van der Waals surface area contributed by atoms with E-state index in [1.807, 2.05) is 19.1 Å². The van der Waals surface area contributed by atoms with Crippen LogP contribution in [-0.4, -0.2) is 17.1 Å². The summed E-state index contributed by atoms with van der Waals surface area (Å²) < 4.78 is 5.04. The zero-order chi connectivity index (χ0) is 10.7. The van der Waals surface area contributed by atoms with Crippen molar-refractivity contribution >= 4 is 23.2 Å². The first-order valence-corrected chi connectivity index (χ1v) is 5.04. The average Bonchev–Trinajstić information content (AvgIpc) is 2.17. The lowest BCUT2D eigenvalue weighted by Gasteiger charge is -2.15. The van der Waals surface area contributed by atoms with E-state index in [0.717, 1.165) is 5.56 Å². The molecule has 0 saturated carbocycles. The number of benzene rings is 1. The minimum atomic E-state index is -0.881. The summed E-state index contributed by atoms with van der Waals surface area (Å²) in [4.78, 5) is -0.833. The Morgan fingerprint density at radius 2 is 2.00 bits per heavy atom. The Labute approximate surface area is 93.4 Å². The van der Waals surface area contributed by atoms with Gasteiger partial charge in [-0.15, -0.1) is 23.2 Å². The van der Waals surface area contributed by atoms with Crippen LogP contribution in [0.1, 0.15) is 17.2 Å². The molecule has 0 fully saturated rings. The van der Waals surface area contributed by atoms with Gasteiger partial charge in [0.05, 0.1) is 7.11 Å². The first-order valence-electron chi connectivity index (χ1n) is 4.17. The Hall–Kier alpha value is -0.440. The SMILES string of the molecule is COc1ccc(C)c(C(O)C(Cl)Cl)c1. The zero-order valence-corrected chi connectivity index (χ0v) is 9.51. The van der Waals surface area contributed by atoms with Crippen LogP contribution in [0.2, 0.25) is 0 Å². The molecule has 1 rings (SSSR count). The second-order valence-electron chi connectivity index (χ2n) is 3.00. The van der Waals surface area contributed by atoms with Crippen molar-refractivity contribution in [2.24, 2.45) is 0 Å². The van der Waals surface area contributed by atoms with Crippen molar-refractivity contribution in [3.05, 3.63) is 29.3 Å². The van der Waals surface area contributed by atoms with Gasteiger partial charge >= 0.3 is 0 Å². The Kier molecular flexibility index (Phi) is 4.05. The van der Waals surface area contributed by atoms with Crippen LogP contribution in [0.15, 0.2) is 18.2 Å². The maximum absolute atomic E-state index is 9.68. The lowest BCUT2D eigenvalue weighted by molar-refractivity contribution is 0.191. The molecule has 2 nitrogen and oxygen atoms in total. The third kappa shape index (κ3) is 2.53. The topological polar surface area (TPSA) is 29.5 Å². The van der Waals surface area contributed by atoms with Crippen molar-refractivity contribution < 1.29 is 9.84 Å². The molecular weight excluding hydrogens is 223 g/mol. The van der Waals surface area contributed by atoms with E-state index in [2.05, 4.69) is 0 Å². The Bertz CT molecular complexity index is 313. The van der Waals surface area contributed by atoms with Crippen LogP contribution >= 0.6 is 23.2 Å². The summed E-state index contributed by atoms with van der Waals surface area (Å²) in [5.74, 6) is 0.679. The molecule has 0 radical (unpaired) electrons. The second-order valence-corrected chi connectivity index (χ2v) is 4.17. The predicted molar refractivity (Wildman–Crippen MR) is 58.2 cm³/mol. The molecule has 1 aromatic carbocycles. The molecule has 0 aliphatic heterocycles. The van der Waals surface area contributed by atoms with Gasteiger partial charge in [0.25, 0.3) is 0 Å². The monoisotopic (exact) mass is 234 g/mol. The van der Waals surface area contributed by atoms with Crippen LogP contribution in [0.3, 0.4) is 0 Å². The summed E-state index contributed by atoms with van der Waals surface area (Å²) in [6.45, 7) is 1.88. The highest BCUT2D eigenvalue weighted by Crippen LogP contribution is 2.29. The molecule has 0 heterocycles. The summed E-state index contributed by atoms with van der Waals surface area (Å²) in [5.41, 5.74) is 1.63. The van der Waals surface area contributed by atoms with Crippen molar-refractivity contribution in [1.29, 1.82) is 0 Å². The summed E-state index contributed by atoms with van der Waals surface area (Å²) in [6, 6.07) is 5.41. The Morgan fingerprint density at radius 1 is 1.36 bits per heavy atom. The fourth-order valence-corrected chi connectivity index (χ4v) is 1.47. The van der Waals surface area contributed by atoms with E-state index in [4.69, 9.17) is 27.9 Å². The highest BCUT2D eigenvalue weighted by molar-refractivity contribution is 6.44. The van der Waals surface area contributed by atoms with Crippen molar-refractivity contribution in [3.8, 4) is 5.75 Å². The van der Waals surface area contributed by atoms with Crippen LogP contribution < -0.4 is 4.74 Å². The number of halogens is 2. The summed E-state index contributed by atoms with van der Waals surface area (Å²) in [7, 11) is 1.57. The molecule has 0 aromatic heterocycles. The largest absolute Gasteiger partial charge is 0.497 e. The third-order valence-electron chi connectivity index (χ3n) is 2.04. The molecule has 0 aliphatic carbocycles. The Morgan fingerprint density at radius 3 is 2.50 bits per heavy atom. The fraction of sp³-hybridized carbons (Fsp3) is 0.400. The van der Waals surface area contributed by atoms with Crippen LogP contribution in [0, 0.1) is 6.92 Å². The Balaban J connectivity index is 3.05. The predicted octanol–water partition coefficient (Wildman–Crippen LogP) is 2.84. The van der Waals surface area contributed by atoms with Gasteiger partial charge in [-0.05, 0) is 30.2 Å². The van der Waals surface area contributed by atoms with Crippen molar-refractivity contribution in [1.82, 2.24) is 0 Å². The number of aliphatic hydroxyl groups is 1. The molecule has 0 bridgehead atoms. The molecule has 1 N–H and O–H groups in total. The smallest absolute Gasteiger partial charge is 0.137 e. The number of aryl methyl sites for hydroxylation is 1. The molecule has 78 valence electrons. The van der Waals surface area contributed by atoms with Gasteiger partial charge in [-0.2, -0.15) is 0 Å². The van der Waals surface area contributed by atoms with Gasteiger partial charge in [-0.25, -0.2) is 0 Å². The number of rotatable bonds is 3. The van der Waals surface area contributed by atoms with Gasteiger partial charge in [0.1, 0.15) is 16.7 Å². The number of hydrogen-bond acceptors (Lipinski definition) is 2. The third-order valence-corrected chi connectivity index (χ3v) is 2.52. The second kappa shape index (κ2) is 4.87. The highest BCUT2D eigenvalue weighted by Gasteiger charge is 2.18. The van der Waals surface area contributed by atoms with Crippen LogP contribution in [0.5, 0.6) is 5.75 Å². The van der Waals surface area contributed by atoms with E-state index in [-0.39, 0.29) is 0 Å². The van der Waals surface area contributed by atoms with E-state index in [0.29, 0.717) is 11.3 Å². The van der Waals surface area contributed by atoms with Crippen LogP contribution in [0.4, 0.5) is 0 Å². The molecule has 0 spiro atoms. The van der Waals surface area contributed by atoms with Crippen molar-refractivity contribution in [2.45, 2.75) is 17.9 Å². The normalized spacial score (nSPS) is 13.0. The minimum absolute atomic E-state index is 0.679. The highest BCUT2D eigenvalue weighted by atomic mass is 35.5. The van der Waals surface area contributed by atoms with Gasteiger partial charge in [0.2, 0.25) is 0 Å². The van der Waals surface area contributed by atoms with Crippen molar-refractivity contribution in [3.63, 3.8) is 0 Å². The zero-order valence-electron chi connectivity index (χ0n) is 8.00. The summed E-state index contributed by atoms with van der Waals surface area (Å²) >= 11 is 11.2. The first-order chi connectivity index (χ1) is 6.56. The quantitative estimate of drug-likeness (QED) is 0.816. The minimum Gasteiger partial charge on any atom is -0.497 e. The van der Waals surface area contributed by atoms with E-state index in [9.17, 15) is 5.11 Å². The van der Waals surface area contributed by atoms with E-state index < -0.39 is 10.9 Å². The lowest BCUT2D eigenvalue weighted by atomic mass is 10.0. The van der Waals surface area contributed by atoms with Crippen LogP contribution in [-0.2, 0) is 0 Å². The standard InChI is InChI=1S/C10H12Cl2O2/c1-6-3-4-7(14-2)5-8(6)9(13)10(11)12/h3-5,9-10,13H,1-2H3. The van der Waals surface area contributed by atoms with E-state index in [1.54, 1.807) is 13.2 Å². The average molecular weight is 235 g/mol. The maximum Gasteiger partial charge on any atom is 0.137 e. The van der Waals surface area contributed by atoms with Crippen molar-refractivity contribution in [2.75, 3.05) is 7.11 Å². The molecule has 14 heavy (non-hydrogen) atoms. The van der Waals surface area contributed by atoms with E-state index in [1.165, 1.54) is 0 Å². The number of aliphatic hydroxyl groups excluding tert-OH is 1.